The van der Waals surface area contributed by atoms with Gasteiger partial charge in [0.25, 0.3) is 0 Å². The minimum absolute atomic E-state index is 0.520. The van der Waals surface area contributed by atoms with Gasteiger partial charge in [-0.1, -0.05) is 34.1 Å². The lowest BCUT2D eigenvalue weighted by molar-refractivity contribution is 1.33. The highest BCUT2D eigenvalue weighted by atomic mass is 79.9. The lowest BCUT2D eigenvalue weighted by atomic mass is 10.1. The summed E-state index contributed by atoms with van der Waals surface area (Å²) in [7, 11) is 0. The highest BCUT2D eigenvalue weighted by Crippen LogP contribution is 2.27. The number of nitrogens with zero attached hydrogens (tertiary/aromatic N) is 2. The lowest BCUT2D eigenvalue weighted by Gasteiger charge is -2.05. The Bertz CT molecular complexity index is 965. The van der Waals surface area contributed by atoms with Gasteiger partial charge in [-0.25, -0.2) is 4.98 Å². The molecule has 0 spiro atoms. The zero-order valence-electron chi connectivity index (χ0n) is 13.9. The normalized spacial score (nSPS) is 11.2. The fraction of sp³-hybridized carbons (Fsp3) is 0.100. The maximum absolute atomic E-state index is 9.47. The van der Waals surface area contributed by atoms with Crippen molar-refractivity contribution >= 4 is 38.5 Å². The van der Waals surface area contributed by atoms with E-state index >= 15 is 0 Å². The molecule has 3 aromatic rings. The second kappa shape index (κ2) is 7.64. The van der Waals surface area contributed by atoms with Gasteiger partial charge in [-0.15, -0.1) is 11.3 Å². The number of thiazole rings is 1. The van der Waals surface area contributed by atoms with E-state index < -0.39 is 0 Å². The second-order valence-electron chi connectivity index (χ2n) is 5.66. The van der Waals surface area contributed by atoms with Crippen molar-refractivity contribution in [3.63, 3.8) is 0 Å². The molecule has 1 N–H and O–H groups in total. The number of nitrogens with one attached hydrogen (secondary N) is 1. The smallest absolute Gasteiger partial charge is 0.136 e. The van der Waals surface area contributed by atoms with Crippen LogP contribution in [0.3, 0.4) is 0 Å². The highest BCUT2D eigenvalue weighted by molar-refractivity contribution is 9.10. The first kappa shape index (κ1) is 17.4. The van der Waals surface area contributed by atoms with Crippen LogP contribution in [0.15, 0.2) is 58.5 Å². The molecule has 0 saturated heterocycles. The number of hydrogen-bond acceptors (Lipinski definition) is 4. The van der Waals surface area contributed by atoms with E-state index in [9.17, 15) is 5.26 Å². The molecule has 25 heavy (non-hydrogen) atoms. The van der Waals surface area contributed by atoms with Gasteiger partial charge in [0.05, 0.1) is 5.69 Å². The van der Waals surface area contributed by atoms with Crippen molar-refractivity contribution in [2.75, 3.05) is 5.32 Å². The maximum atomic E-state index is 9.47. The molecule has 124 valence electrons. The molecular weight excluding hydrogens is 394 g/mol. The van der Waals surface area contributed by atoms with Crippen molar-refractivity contribution in [1.29, 1.82) is 5.26 Å². The summed E-state index contributed by atoms with van der Waals surface area (Å²) in [5, 5.41) is 15.3. The molecule has 0 aliphatic carbocycles. The molecule has 0 atom stereocenters. The monoisotopic (exact) mass is 409 g/mol. The molecule has 0 saturated carbocycles. The largest absolute Gasteiger partial charge is 0.360 e. The molecule has 0 unspecified atom stereocenters. The molecule has 0 bridgehead atoms. The third kappa shape index (κ3) is 4.16. The Morgan fingerprint density at radius 3 is 2.60 bits per heavy atom. The van der Waals surface area contributed by atoms with E-state index in [1.165, 1.54) is 22.5 Å². The van der Waals surface area contributed by atoms with Gasteiger partial charge >= 0.3 is 0 Å². The van der Waals surface area contributed by atoms with Crippen LogP contribution >= 0.6 is 27.3 Å². The SMILES string of the molecule is Cc1ccc(NC=C(C#N)c2nc(-c3ccc(Br)cc3)cs2)cc1C. The zero-order chi connectivity index (χ0) is 17.8. The standard InChI is InChI=1S/C20H16BrN3S/c1-13-3-8-18(9-14(13)2)23-11-16(10-22)20-24-19(12-25-20)15-4-6-17(21)7-5-15/h3-9,11-12,23H,1-2H3. The molecule has 0 aliphatic rings. The number of halogens is 1. The van der Waals surface area contributed by atoms with E-state index in [0.29, 0.717) is 10.6 Å². The number of rotatable bonds is 4. The predicted octanol–water partition coefficient (Wildman–Crippen LogP) is 6.17. The number of benzene rings is 2. The number of aryl methyl sites for hydroxylation is 2. The average molecular weight is 410 g/mol. The Labute approximate surface area is 159 Å². The number of aromatic nitrogens is 1. The van der Waals surface area contributed by atoms with Crippen LogP contribution in [-0.4, -0.2) is 4.98 Å². The molecular formula is C20H16BrN3S. The van der Waals surface area contributed by atoms with Gasteiger partial charge < -0.3 is 5.32 Å². The molecule has 0 aliphatic heterocycles. The van der Waals surface area contributed by atoms with Gasteiger partial charge in [-0.3, -0.25) is 0 Å². The number of nitriles is 1. The summed E-state index contributed by atoms with van der Waals surface area (Å²) in [6, 6.07) is 16.3. The third-order valence-electron chi connectivity index (χ3n) is 3.89. The van der Waals surface area contributed by atoms with Crippen molar-refractivity contribution in [3.05, 3.63) is 74.7 Å². The van der Waals surface area contributed by atoms with E-state index in [2.05, 4.69) is 58.3 Å². The molecule has 1 heterocycles. The van der Waals surface area contributed by atoms with Gasteiger partial charge in [0, 0.05) is 27.3 Å². The van der Waals surface area contributed by atoms with Crippen molar-refractivity contribution in [2.45, 2.75) is 13.8 Å². The zero-order valence-corrected chi connectivity index (χ0v) is 16.3. The van der Waals surface area contributed by atoms with Crippen molar-refractivity contribution in [2.24, 2.45) is 0 Å². The summed E-state index contributed by atoms with van der Waals surface area (Å²) >= 11 is 4.90. The van der Waals surface area contributed by atoms with Crippen LogP contribution in [0.4, 0.5) is 5.69 Å². The van der Waals surface area contributed by atoms with Crippen molar-refractivity contribution in [3.8, 4) is 17.3 Å². The fourth-order valence-corrected chi connectivity index (χ4v) is 3.34. The van der Waals surface area contributed by atoms with Crippen LogP contribution in [-0.2, 0) is 0 Å². The van der Waals surface area contributed by atoms with Gasteiger partial charge in [-0.05, 0) is 49.2 Å². The van der Waals surface area contributed by atoms with Gasteiger partial charge in [0.1, 0.15) is 16.6 Å². The van der Waals surface area contributed by atoms with Crippen LogP contribution < -0.4 is 5.32 Å². The molecule has 0 fully saturated rings. The molecule has 0 radical (unpaired) electrons. The molecule has 3 rings (SSSR count). The van der Waals surface area contributed by atoms with Crippen LogP contribution in [0.2, 0.25) is 0 Å². The first-order valence-electron chi connectivity index (χ1n) is 7.73. The summed E-state index contributed by atoms with van der Waals surface area (Å²) in [5.41, 5.74) is 5.84. The molecule has 3 nitrogen and oxygen atoms in total. The Balaban J connectivity index is 1.82. The molecule has 2 aromatic carbocycles. The van der Waals surface area contributed by atoms with E-state index in [-0.39, 0.29) is 0 Å². The molecule has 0 amide bonds. The number of allylic oxidation sites excluding steroid dienone is 1. The first-order valence-corrected chi connectivity index (χ1v) is 9.40. The van der Waals surface area contributed by atoms with Crippen LogP contribution in [0.1, 0.15) is 16.1 Å². The summed E-state index contributed by atoms with van der Waals surface area (Å²) in [6.07, 6.45) is 1.72. The Morgan fingerprint density at radius 1 is 1.16 bits per heavy atom. The van der Waals surface area contributed by atoms with E-state index in [4.69, 9.17) is 0 Å². The Hall–Kier alpha value is -2.42. The van der Waals surface area contributed by atoms with Crippen molar-refractivity contribution in [1.82, 2.24) is 4.98 Å². The minimum Gasteiger partial charge on any atom is -0.360 e. The molecule has 5 heteroatoms. The number of anilines is 1. The third-order valence-corrected chi connectivity index (χ3v) is 5.29. The summed E-state index contributed by atoms with van der Waals surface area (Å²) < 4.78 is 1.03. The molecule has 1 aromatic heterocycles. The van der Waals surface area contributed by atoms with Crippen molar-refractivity contribution < 1.29 is 0 Å². The van der Waals surface area contributed by atoms with Gasteiger partial charge in [-0.2, -0.15) is 5.26 Å². The predicted molar refractivity (Wildman–Crippen MR) is 108 cm³/mol. The van der Waals surface area contributed by atoms with Crippen LogP contribution in [0, 0.1) is 25.2 Å². The number of hydrogen-bond donors (Lipinski definition) is 1. The minimum atomic E-state index is 0.520. The lowest BCUT2D eigenvalue weighted by Crippen LogP contribution is -1.92. The Morgan fingerprint density at radius 2 is 1.92 bits per heavy atom. The topological polar surface area (TPSA) is 48.7 Å². The second-order valence-corrected chi connectivity index (χ2v) is 7.43. The maximum Gasteiger partial charge on any atom is 0.136 e. The highest BCUT2D eigenvalue weighted by Gasteiger charge is 2.09. The van der Waals surface area contributed by atoms with E-state index in [1.54, 1.807) is 6.20 Å². The van der Waals surface area contributed by atoms with Crippen LogP contribution in [0.25, 0.3) is 16.8 Å². The van der Waals surface area contributed by atoms with Gasteiger partial charge in [0.15, 0.2) is 0 Å². The average Bonchev–Trinajstić information content (AvgIpc) is 3.09. The van der Waals surface area contributed by atoms with Gasteiger partial charge in [0.2, 0.25) is 0 Å². The van der Waals surface area contributed by atoms with Crippen LogP contribution in [0.5, 0.6) is 0 Å². The Kier molecular flexibility index (Phi) is 5.32. The van der Waals surface area contributed by atoms with E-state index in [1.807, 2.05) is 35.7 Å². The van der Waals surface area contributed by atoms with E-state index in [0.717, 1.165) is 21.4 Å². The summed E-state index contributed by atoms with van der Waals surface area (Å²) in [5.74, 6) is 0. The summed E-state index contributed by atoms with van der Waals surface area (Å²) in [4.78, 5) is 4.60. The quantitative estimate of drug-likeness (QED) is 0.524. The fourth-order valence-electron chi connectivity index (χ4n) is 2.28. The summed E-state index contributed by atoms with van der Waals surface area (Å²) in [6.45, 7) is 4.15. The first-order chi connectivity index (χ1) is 12.1.